The van der Waals surface area contributed by atoms with Gasteiger partial charge in [0.2, 0.25) is 17.7 Å². The molecular formula is C10H14N2NaO5-. The van der Waals surface area contributed by atoms with E-state index >= 15 is 0 Å². The van der Waals surface area contributed by atoms with Crippen LogP contribution < -0.4 is 34.9 Å². The molecule has 1 saturated heterocycles. The van der Waals surface area contributed by atoms with Crippen LogP contribution in [0.25, 0.3) is 0 Å². The van der Waals surface area contributed by atoms with Crippen molar-refractivity contribution in [3.8, 4) is 0 Å². The third kappa shape index (κ3) is 3.88. The number of rotatable bonds is 4. The predicted molar refractivity (Wildman–Crippen MR) is 55.7 cm³/mol. The van der Waals surface area contributed by atoms with E-state index in [-0.39, 0.29) is 47.9 Å². The van der Waals surface area contributed by atoms with E-state index in [0.717, 1.165) is 4.90 Å². The maximum absolute atomic E-state index is 11.6. The van der Waals surface area contributed by atoms with Crippen LogP contribution in [0.1, 0.15) is 19.8 Å². The quantitative estimate of drug-likeness (QED) is 0.315. The molecule has 8 heteroatoms. The number of nitrogens with zero attached hydrogens (tertiary/aromatic N) is 1. The first-order chi connectivity index (χ1) is 7.52. The van der Waals surface area contributed by atoms with Crippen molar-refractivity contribution in [1.29, 1.82) is 0 Å². The summed E-state index contributed by atoms with van der Waals surface area (Å²) < 4.78 is 0. The monoisotopic (exact) mass is 265 g/mol. The summed E-state index contributed by atoms with van der Waals surface area (Å²) in [7, 11) is 1.38. The molecule has 96 valence electrons. The second-order valence-electron chi connectivity index (χ2n) is 3.69. The number of carbonyl (C=O) groups excluding carboxylic acids is 4. The van der Waals surface area contributed by atoms with Crippen molar-refractivity contribution in [2.45, 2.75) is 25.8 Å². The molecule has 0 aromatic rings. The first-order valence-electron chi connectivity index (χ1n) is 4.95. The third-order valence-electron chi connectivity index (χ3n) is 2.55. The molecule has 0 spiro atoms. The summed E-state index contributed by atoms with van der Waals surface area (Å²) in [4.78, 5) is 45.8. The molecule has 1 rings (SSSR count). The molecule has 0 saturated carbocycles. The van der Waals surface area contributed by atoms with Gasteiger partial charge in [0.1, 0.15) is 0 Å². The van der Waals surface area contributed by atoms with Crippen molar-refractivity contribution >= 4 is 24.0 Å². The molecular weight excluding hydrogens is 251 g/mol. The summed E-state index contributed by atoms with van der Waals surface area (Å²) in [6.07, 6.45) is 1.36. The van der Waals surface area contributed by atoms with Gasteiger partial charge in [-0.1, -0.05) is 6.92 Å². The number of likely N-dealkylation sites (tertiary alicyclic amines) is 1. The minimum Gasteiger partial charge on any atom is -0.870 e. The van der Waals surface area contributed by atoms with E-state index in [9.17, 15) is 19.2 Å². The zero-order valence-corrected chi connectivity index (χ0v) is 12.6. The zero-order valence-electron chi connectivity index (χ0n) is 10.6. The van der Waals surface area contributed by atoms with Gasteiger partial charge in [0, 0.05) is 19.4 Å². The van der Waals surface area contributed by atoms with Crippen molar-refractivity contribution in [3.05, 3.63) is 0 Å². The number of amides is 3. The van der Waals surface area contributed by atoms with Gasteiger partial charge in [0.25, 0.3) is 0 Å². The molecule has 3 amide bonds. The summed E-state index contributed by atoms with van der Waals surface area (Å²) in [5.41, 5.74) is 0. The van der Waals surface area contributed by atoms with Gasteiger partial charge in [-0.2, -0.15) is 0 Å². The van der Waals surface area contributed by atoms with Crippen molar-refractivity contribution in [3.63, 3.8) is 0 Å². The third-order valence-corrected chi connectivity index (χ3v) is 2.55. The minimum atomic E-state index is -1.06. The first kappa shape index (κ1) is 19.6. The molecule has 1 aliphatic heterocycles. The molecule has 1 heterocycles. The molecule has 2 atom stereocenters. The van der Waals surface area contributed by atoms with E-state index in [1.165, 1.54) is 7.05 Å². The van der Waals surface area contributed by atoms with Crippen molar-refractivity contribution < 1.29 is 54.2 Å². The zero-order chi connectivity index (χ0) is 12.3. The molecule has 0 radical (unpaired) electrons. The van der Waals surface area contributed by atoms with Gasteiger partial charge in [0.05, 0.1) is 6.04 Å². The smallest absolute Gasteiger partial charge is 0.870 e. The Kier molecular flexibility index (Phi) is 9.09. The van der Waals surface area contributed by atoms with E-state index in [1.807, 2.05) is 0 Å². The van der Waals surface area contributed by atoms with E-state index in [1.54, 1.807) is 13.2 Å². The molecule has 1 fully saturated rings. The fourth-order valence-electron chi connectivity index (χ4n) is 1.68. The average molecular weight is 265 g/mol. The van der Waals surface area contributed by atoms with Crippen LogP contribution in [0.5, 0.6) is 0 Å². The fourth-order valence-corrected chi connectivity index (χ4v) is 1.68. The largest absolute Gasteiger partial charge is 1.00 e. The van der Waals surface area contributed by atoms with Crippen LogP contribution in [0.15, 0.2) is 0 Å². The van der Waals surface area contributed by atoms with E-state index in [0.29, 0.717) is 0 Å². The summed E-state index contributed by atoms with van der Waals surface area (Å²) in [5.74, 6) is -1.78. The standard InChI is InChI=1S/C10H13N2O4.Na.H2O/c1-6-5-8(14)12(10(6)16)7(3-4-13)9(15)11-2;;/h6-7H,3,5H2,1-2H3,(H,11,15);;1H2/q-1;+1;/p-1. The van der Waals surface area contributed by atoms with Crippen LogP contribution in [0.2, 0.25) is 0 Å². The summed E-state index contributed by atoms with van der Waals surface area (Å²) in [6.45, 7) is 1.62. The molecule has 1 aliphatic rings. The Morgan fingerprint density at radius 1 is 1.56 bits per heavy atom. The van der Waals surface area contributed by atoms with Crippen LogP contribution in [0, 0.1) is 5.92 Å². The Labute approximate surface area is 127 Å². The molecule has 18 heavy (non-hydrogen) atoms. The number of imide groups is 1. The molecule has 2 unspecified atom stereocenters. The van der Waals surface area contributed by atoms with Crippen molar-refractivity contribution in [2.75, 3.05) is 7.05 Å². The molecule has 0 aliphatic carbocycles. The van der Waals surface area contributed by atoms with Gasteiger partial charge >= 0.3 is 29.6 Å². The van der Waals surface area contributed by atoms with Crippen molar-refractivity contribution in [1.82, 2.24) is 10.2 Å². The Hall–Kier alpha value is -0.760. The first-order valence-corrected chi connectivity index (χ1v) is 4.95. The van der Waals surface area contributed by atoms with Crippen LogP contribution in [0.3, 0.4) is 0 Å². The summed E-state index contributed by atoms with van der Waals surface area (Å²) in [6, 6.07) is -1.06. The molecule has 0 aromatic heterocycles. The van der Waals surface area contributed by atoms with Crippen LogP contribution in [-0.4, -0.2) is 47.5 Å². The molecule has 2 N–H and O–H groups in total. The van der Waals surface area contributed by atoms with E-state index in [2.05, 4.69) is 5.32 Å². The van der Waals surface area contributed by atoms with E-state index in [4.69, 9.17) is 0 Å². The Balaban J connectivity index is 0. The molecule has 0 bridgehead atoms. The fraction of sp³-hybridized carbons (Fsp3) is 0.600. The molecule has 7 nitrogen and oxygen atoms in total. The number of nitrogens with one attached hydrogen (secondary N) is 1. The van der Waals surface area contributed by atoms with Crippen molar-refractivity contribution in [2.24, 2.45) is 5.92 Å². The number of hydrogen-bond acceptors (Lipinski definition) is 5. The minimum absolute atomic E-state index is 0. The Morgan fingerprint density at radius 2 is 2.11 bits per heavy atom. The average Bonchev–Trinajstić information content (AvgIpc) is 2.50. The van der Waals surface area contributed by atoms with Gasteiger partial charge in [-0.25, -0.2) is 0 Å². The summed E-state index contributed by atoms with van der Waals surface area (Å²) >= 11 is 0. The number of hydrogen-bond donors (Lipinski definition) is 1. The van der Waals surface area contributed by atoms with Gasteiger partial charge < -0.3 is 15.6 Å². The molecule has 0 aromatic carbocycles. The normalized spacial score (nSPS) is 19.7. The van der Waals surface area contributed by atoms with E-state index < -0.39 is 29.7 Å². The van der Waals surface area contributed by atoms with Gasteiger partial charge in [-0.05, 0) is 0 Å². The second kappa shape index (κ2) is 8.36. The Bertz CT molecular complexity index is 347. The van der Waals surface area contributed by atoms with Crippen LogP contribution in [-0.2, 0) is 19.2 Å². The second-order valence-corrected chi connectivity index (χ2v) is 3.69. The SMILES string of the molecule is CNC(=O)C(C[C-]=O)N1C(=O)CC(C)C1=O.[Na+].[OH-]. The predicted octanol–water partition coefficient (Wildman–Crippen LogP) is -4.18. The van der Waals surface area contributed by atoms with Crippen LogP contribution in [0.4, 0.5) is 0 Å². The van der Waals surface area contributed by atoms with Gasteiger partial charge in [-0.3, -0.25) is 25.6 Å². The maximum Gasteiger partial charge on any atom is 1.00 e. The maximum atomic E-state index is 11.6. The number of carbonyl (C=O) groups is 3. The number of likely N-dealkylation sites (N-methyl/N-ethyl adjacent to an activating group) is 1. The van der Waals surface area contributed by atoms with Gasteiger partial charge in [-0.15, -0.1) is 6.42 Å². The topological polar surface area (TPSA) is 114 Å². The Morgan fingerprint density at radius 3 is 2.44 bits per heavy atom. The summed E-state index contributed by atoms with van der Waals surface area (Å²) in [5, 5.41) is 2.32. The van der Waals surface area contributed by atoms with Gasteiger partial charge in [0.15, 0.2) is 0 Å². The van der Waals surface area contributed by atoms with Crippen LogP contribution >= 0.6 is 0 Å².